The van der Waals surface area contributed by atoms with E-state index in [-0.39, 0.29) is 36.0 Å². The number of carbonyl (C=O) groups excluding carboxylic acids is 1. The number of nitrogens with one attached hydrogen (secondary N) is 1. The molecule has 28 heavy (non-hydrogen) atoms. The molecule has 10 heteroatoms. The van der Waals surface area contributed by atoms with Gasteiger partial charge in [-0.25, -0.2) is 8.42 Å². The van der Waals surface area contributed by atoms with Crippen molar-refractivity contribution in [2.45, 2.75) is 55.6 Å². The summed E-state index contributed by atoms with van der Waals surface area (Å²) in [5.74, 6) is -0.679. The van der Waals surface area contributed by atoms with Gasteiger partial charge in [0.05, 0.1) is 16.9 Å². The van der Waals surface area contributed by atoms with E-state index in [0.29, 0.717) is 38.5 Å². The molecule has 1 unspecified atom stereocenters. The summed E-state index contributed by atoms with van der Waals surface area (Å²) in [7, 11) is -4.07. The predicted molar refractivity (Wildman–Crippen MR) is 101 cm³/mol. The Hall–Kier alpha value is -2.04. The SMILES string of the molecule is O=C(NC1CCC(O)CC1)C1CCCN(S(=O)(=O)c2ccccc2[N+](=O)[O-])C1. The molecule has 1 heterocycles. The molecule has 1 atom stereocenters. The van der Waals surface area contributed by atoms with Crippen molar-refractivity contribution in [3.8, 4) is 0 Å². The van der Waals surface area contributed by atoms with E-state index < -0.39 is 26.6 Å². The monoisotopic (exact) mass is 411 g/mol. The van der Waals surface area contributed by atoms with Gasteiger partial charge >= 0.3 is 0 Å². The lowest BCUT2D eigenvalue weighted by Gasteiger charge is -2.33. The van der Waals surface area contributed by atoms with Crippen LogP contribution < -0.4 is 5.32 Å². The van der Waals surface area contributed by atoms with Gasteiger partial charge < -0.3 is 10.4 Å². The van der Waals surface area contributed by atoms with E-state index in [4.69, 9.17) is 0 Å². The van der Waals surface area contributed by atoms with Crippen LogP contribution in [0.4, 0.5) is 5.69 Å². The first-order chi connectivity index (χ1) is 13.3. The Labute approximate surface area is 163 Å². The number of carbonyl (C=O) groups is 1. The number of amides is 1. The highest BCUT2D eigenvalue weighted by Gasteiger charge is 2.37. The van der Waals surface area contributed by atoms with Gasteiger partial charge in [0.1, 0.15) is 0 Å². The number of hydrogen-bond acceptors (Lipinski definition) is 6. The Morgan fingerprint density at radius 1 is 1.18 bits per heavy atom. The Morgan fingerprint density at radius 3 is 2.54 bits per heavy atom. The number of aliphatic hydroxyl groups excluding tert-OH is 1. The van der Waals surface area contributed by atoms with Gasteiger partial charge in [0, 0.05) is 25.2 Å². The van der Waals surface area contributed by atoms with Gasteiger partial charge in [-0.2, -0.15) is 4.31 Å². The summed E-state index contributed by atoms with van der Waals surface area (Å²) in [6.07, 6.45) is 3.48. The van der Waals surface area contributed by atoms with Crippen LogP contribution in [-0.4, -0.2) is 53.9 Å². The van der Waals surface area contributed by atoms with E-state index >= 15 is 0 Å². The molecule has 0 radical (unpaired) electrons. The van der Waals surface area contributed by atoms with Crippen molar-refractivity contribution in [1.82, 2.24) is 9.62 Å². The van der Waals surface area contributed by atoms with E-state index in [9.17, 15) is 28.4 Å². The number of nitro groups is 1. The molecule has 1 aliphatic carbocycles. The molecule has 2 aliphatic rings. The second-order valence-corrected chi connectivity index (χ2v) is 9.35. The van der Waals surface area contributed by atoms with Crippen molar-refractivity contribution in [1.29, 1.82) is 0 Å². The molecule has 2 N–H and O–H groups in total. The molecule has 1 aromatic carbocycles. The van der Waals surface area contributed by atoms with Crippen LogP contribution in [0.5, 0.6) is 0 Å². The summed E-state index contributed by atoms with van der Waals surface area (Å²) in [6, 6.07) is 5.26. The summed E-state index contributed by atoms with van der Waals surface area (Å²) in [5, 5.41) is 23.7. The lowest BCUT2D eigenvalue weighted by Crippen LogP contribution is -2.48. The molecule has 1 amide bonds. The normalized spacial score (nSPS) is 26.5. The highest BCUT2D eigenvalue weighted by molar-refractivity contribution is 7.89. The first-order valence-electron chi connectivity index (χ1n) is 9.51. The minimum absolute atomic E-state index is 0.00176. The maximum absolute atomic E-state index is 13.0. The lowest BCUT2D eigenvalue weighted by atomic mass is 9.92. The molecule has 9 nitrogen and oxygen atoms in total. The summed E-state index contributed by atoms with van der Waals surface area (Å²) < 4.78 is 27.1. The van der Waals surface area contributed by atoms with Gasteiger partial charge in [0.2, 0.25) is 15.9 Å². The fourth-order valence-electron chi connectivity index (χ4n) is 3.88. The highest BCUT2D eigenvalue weighted by atomic mass is 32.2. The smallest absolute Gasteiger partial charge is 0.289 e. The van der Waals surface area contributed by atoms with Crippen molar-refractivity contribution >= 4 is 21.6 Å². The Balaban J connectivity index is 1.70. The number of aliphatic hydroxyl groups is 1. The molecule has 2 fully saturated rings. The van der Waals surface area contributed by atoms with Crippen LogP contribution in [0, 0.1) is 16.0 Å². The Morgan fingerprint density at radius 2 is 1.86 bits per heavy atom. The van der Waals surface area contributed by atoms with Gasteiger partial charge in [0.15, 0.2) is 4.90 Å². The summed E-state index contributed by atoms with van der Waals surface area (Å²) in [5.41, 5.74) is -0.463. The van der Waals surface area contributed by atoms with Gasteiger partial charge in [-0.3, -0.25) is 14.9 Å². The zero-order valence-electron chi connectivity index (χ0n) is 15.5. The molecule has 154 valence electrons. The van der Waals surface area contributed by atoms with Crippen LogP contribution in [0.15, 0.2) is 29.2 Å². The first-order valence-corrected chi connectivity index (χ1v) is 10.9. The number of para-hydroxylation sites is 1. The summed E-state index contributed by atoms with van der Waals surface area (Å²) in [4.78, 5) is 22.8. The maximum atomic E-state index is 13.0. The average Bonchev–Trinajstić information content (AvgIpc) is 2.69. The van der Waals surface area contributed by atoms with Crippen molar-refractivity contribution in [3.63, 3.8) is 0 Å². The molecule has 0 bridgehead atoms. The van der Waals surface area contributed by atoms with E-state index in [0.717, 1.165) is 0 Å². The minimum Gasteiger partial charge on any atom is -0.393 e. The third-order valence-corrected chi connectivity index (χ3v) is 7.39. The predicted octanol–water partition coefficient (Wildman–Crippen LogP) is 1.42. The zero-order valence-corrected chi connectivity index (χ0v) is 16.3. The minimum atomic E-state index is -4.07. The summed E-state index contributed by atoms with van der Waals surface area (Å²) in [6.45, 7) is 0.239. The van der Waals surface area contributed by atoms with E-state index in [1.807, 2.05) is 0 Å². The summed E-state index contributed by atoms with van der Waals surface area (Å²) >= 11 is 0. The average molecular weight is 411 g/mol. The molecule has 0 spiro atoms. The maximum Gasteiger partial charge on any atom is 0.289 e. The van der Waals surface area contributed by atoms with E-state index in [2.05, 4.69) is 5.32 Å². The molecule has 3 rings (SSSR count). The second-order valence-electron chi connectivity index (χ2n) is 7.44. The number of rotatable bonds is 5. The van der Waals surface area contributed by atoms with E-state index in [1.54, 1.807) is 0 Å². The standard InChI is InChI=1S/C18H25N3O6S/c22-15-9-7-14(8-10-15)19-18(23)13-4-3-11-20(12-13)28(26,27)17-6-2-1-5-16(17)21(24)25/h1-2,5-6,13-15,22H,3-4,7-12H2,(H,19,23). The topological polar surface area (TPSA) is 130 Å². The third kappa shape index (κ3) is 4.50. The quantitative estimate of drug-likeness (QED) is 0.557. The molecule has 1 aliphatic heterocycles. The van der Waals surface area contributed by atoms with Crippen molar-refractivity contribution in [3.05, 3.63) is 34.4 Å². The van der Waals surface area contributed by atoms with Crippen LogP contribution in [0.2, 0.25) is 0 Å². The number of nitrogens with zero attached hydrogens (tertiary/aromatic N) is 2. The van der Waals surface area contributed by atoms with Crippen LogP contribution in [0.25, 0.3) is 0 Å². The number of nitro benzene ring substituents is 1. The number of hydrogen-bond donors (Lipinski definition) is 2. The van der Waals surface area contributed by atoms with Crippen LogP contribution in [-0.2, 0) is 14.8 Å². The fraction of sp³-hybridized carbons (Fsp3) is 0.611. The Kier molecular flexibility index (Phi) is 6.31. The molecular weight excluding hydrogens is 386 g/mol. The molecular formula is C18H25N3O6S. The van der Waals surface area contributed by atoms with Crippen LogP contribution in [0.1, 0.15) is 38.5 Å². The van der Waals surface area contributed by atoms with Gasteiger partial charge in [-0.05, 0) is 44.6 Å². The van der Waals surface area contributed by atoms with Crippen molar-refractivity contribution < 1.29 is 23.2 Å². The van der Waals surface area contributed by atoms with Crippen molar-refractivity contribution in [2.24, 2.45) is 5.92 Å². The van der Waals surface area contributed by atoms with Gasteiger partial charge in [0.25, 0.3) is 5.69 Å². The third-order valence-electron chi connectivity index (χ3n) is 5.48. The number of sulfonamides is 1. The highest BCUT2D eigenvalue weighted by Crippen LogP contribution is 2.30. The zero-order chi connectivity index (χ0) is 20.3. The van der Waals surface area contributed by atoms with Crippen LogP contribution >= 0.6 is 0 Å². The molecule has 0 aromatic heterocycles. The van der Waals surface area contributed by atoms with Gasteiger partial charge in [-0.1, -0.05) is 12.1 Å². The Bertz CT molecular complexity index is 835. The van der Waals surface area contributed by atoms with Crippen molar-refractivity contribution in [2.75, 3.05) is 13.1 Å². The lowest BCUT2D eigenvalue weighted by molar-refractivity contribution is -0.387. The molecule has 1 saturated heterocycles. The molecule has 1 saturated carbocycles. The molecule has 1 aromatic rings. The number of piperidine rings is 1. The van der Waals surface area contributed by atoms with Gasteiger partial charge in [-0.15, -0.1) is 0 Å². The second kappa shape index (κ2) is 8.54. The fourth-order valence-corrected chi connectivity index (χ4v) is 5.56. The van der Waals surface area contributed by atoms with Crippen LogP contribution in [0.3, 0.4) is 0 Å². The first kappa shape index (κ1) is 20.7. The number of benzene rings is 1. The van der Waals surface area contributed by atoms with E-state index in [1.165, 1.54) is 28.6 Å². The largest absolute Gasteiger partial charge is 0.393 e.